The molecule has 0 heterocycles. The summed E-state index contributed by atoms with van der Waals surface area (Å²) in [5, 5.41) is 8.65. The Morgan fingerprint density at radius 1 is 1.30 bits per heavy atom. The molecule has 0 saturated carbocycles. The normalized spacial score (nSPS) is 9.80. The Morgan fingerprint density at radius 3 is 2.40 bits per heavy atom. The molecule has 1 N–H and O–H groups in total. The van der Waals surface area contributed by atoms with E-state index in [2.05, 4.69) is 0 Å². The number of aromatic hydroxyl groups is 1. The largest absolute Gasteiger partial charge is 0.505 e. The smallest absolute Gasteiger partial charge is 0.199 e. The lowest BCUT2D eigenvalue weighted by molar-refractivity contribution is 0.411. The van der Waals surface area contributed by atoms with Crippen LogP contribution in [-0.2, 0) is 0 Å². The predicted molar refractivity (Wildman–Crippen MR) is 33.4 cm³/mol. The second-order valence-electron chi connectivity index (χ2n) is 1.80. The SMILES string of the molecule is [B]c1ccc(F)c(F)c1O. The van der Waals surface area contributed by atoms with Gasteiger partial charge in [0.2, 0.25) is 0 Å². The van der Waals surface area contributed by atoms with Crippen molar-refractivity contribution in [1.29, 1.82) is 0 Å². The average Bonchev–Trinajstić information content (AvgIpc) is 1.93. The lowest BCUT2D eigenvalue weighted by atomic mass is 9.95. The Bertz CT molecular complexity index is 235. The fraction of sp³-hybridized carbons (Fsp3) is 0. The topological polar surface area (TPSA) is 20.2 Å². The van der Waals surface area contributed by atoms with Crippen molar-refractivity contribution in [2.75, 3.05) is 0 Å². The van der Waals surface area contributed by atoms with Gasteiger partial charge in [0.15, 0.2) is 11.6 Å². The van der Waals surface area contributed by atoms with Crippen molar-refractivity contribution < 1.29 is 13.9 Å². The molecule has 0 amide bonds. The highest BCUT2D eigenvalue weighted by atomic mass is 19.2. The van der Waals surface area contributed by atoms with Gasteiger partial charge in [-0.3, -0.25) is 0 Å². The maximum Gasteiger partial charge on any atom is 0.199 e. The van der Waals surface area contributed by atoms with Crippen LogP contribution in [0.25, 0.3) is 0 Å². The van der Waals surface area contributed by atoms with E-state index >= 15 is 0 Å². The van der Waals surface area contributed by atoms with Gasteiger partial charge in [0, 0.05) is 0 Å². The molecule has 4 heteroatoms. The quantitative estimate of drug-likeness (QED) is 0.519. The van der Waals surface area contributed by atoms with Gasteiger partial charge in [0.25, 0.3) is 0 Å². The van der Waals surface area contributed by atoms with Crippen LogP contribution in [0.3, 0.4) is 0 Å². The standard InChI is InChI=1S/C6H3BF2O/c7-3-1-2-4(8)5(9)6(3)10/h1-2,10H. The summed E-state index contributed by atoms with van der Waals surface area (Å²) >= 11 is 0. The Balaban J connectivity index is 3.34. The van der Waals surface area contributed by atoms with E-state index in [9.17, 15) is 8.78 Å². The maximum atomic E-state index is 12.3. The van der Waals surface area contributed by atoms with E-state index in [0.29, 0.717) is 0 Å². The summed E-state index contributed by atoms with van der Waals surface area (Å²) in [6.45, 7) is 0. The second kappa shape index (κ2) is 2.29. The van der Waals surface area contributed by atoms with E-state index in [4.69, 9.17) is 13.0 Å². The van der Waals surface area contributed by atoms with E-state index < -0.39 is 17.4 Å². The zero-order valence-electron chi connectivity index (χ0n) is 4.94. The van der Waals surface area contributed by atoms with Crippen LogP contribution in [-0.4, -0.2) is 13.0 Å². The molecule has 1 rings (SSSR count). The van der Waals surface area contributed by atoms with Crippen LogP contribution in [0.15, 0.2) is 12.1 Å². The first-order valence-electron chi connectivity index (χ1n) is 2.55. The van der Waals surface area contributed by atoms with E-state index in [-0.39, 0.29) is 5.46 Å². The van der Waals surface area contributed by atoms with Gasteiger partial charge < -0.3 is 5.11 Å². The highest BCUT2D eigenvalue weighted by molar-refractivity contribution is 6.34. The van der Waals surface area contributed by atoms with Gasteiger partial charge in [-0.2, -0.15) is 4.39 Å². The van der Waals surface area contributed by atoms with Crippen LogP contribution in [0, 0.1) is 11.6 Å². The van der Waals surface area contributed by atoms with Gasteiger partial charge in [0.1, 0.15) is 13.6 Å². The molecule has 10 heavy (non-hydrogen) atoms. The minimum absolute atomic E-state index is 0.168. The van der Waals surface area contributed by atoms with Crippen molar-refractivity contribution in [2.45, 2.75) is 0 Å². The van der Waals surface area contributed by atoms with Crippen LogP contribution in [0.5, 0.6) is 5.75 Å². The Hall–Kier alpha value is -1.06. The molecule has 0 fully saturated rings. The van der Waals surface area contributed by atoms with Crippen molar-refractivity contribution in [3.63, 3.8) is 0 Å². The first kappa shape index (κ1) is 7.06. The number of rotatable bonds is 0. The van der Waals surface area contributed by atoms with Crippen molar-refractivity contribution in [1.82, 2.24) is 0 Å². The van der Waals surface area contributed by atoms with Gasteiger partial charge in [0.05, 0.1) is 0 Å². The molecule has 1 nitrogen and oxygen atoms in total. The number of halogens is 2. The van der Waals surface area contributed by atoms with Gasteiger partial charge in [-0.05, 0) is 6.07 Å². The van der Waals surface area contributed by atoms with Gasteiger partial charge in [-0.15, -0.1) is 0 Å². The van der Waals surface area contributed by atoms with Crippen LogP contribution in [0.4, 0.5) is 8.78 Å². The third-order valence-corrected chi connectivity index (χ3v) is 1.10. The maximum absolute atomic E-state index is 12.3. The molecule has 1 aromatic carbocycles. The number of phenolic OH excluding ortho intramolecular Hbond substituents is 1. The van der Waals surface area contributed by atoms with Crippen LogP contribution >= 0.6 is 0 Å². The van der Waals surface area contributed by atoms with Crippen molar-refractivity contribution in [3.8, 4) is 5.75 Å². The minimum atomic E-state index is -1.31. The van der Waals surface area contributed by atoms with Crippen LogP contribution < -0.4 is 5.46 Å². The van der Waals surface area contributed by atoms with Crippen LogP contribution in [0.2, 0.25) is 0 Å². The Kier molecular flexibility index (Phi) is 1.61. The number of phenols is 1. The lowest BCUT2D eigenvalue weighted by Crippen LogP contribution is -2.05. The molecule has 0 spiro atoms. The summed E-state index contributed by atoms with van der Waals surface area (Å²) in [7, 11) is 5.03. The van der Waals surface area contributed by atoms with E-state index in [1.54, 1.807) is 0 Å². The third-order valence-electron chi connectivity index (χ3n) is 1.10. The zero-order valence-corrected chi connectivity index (χ0v) is 4.94. The fourth-order valence-corrected chi connectivity index (χ4v) is 0.555. The summed E-state index contributed by atoms with van der Waals surface area (Å²) in [5.41, 5.74) is -0.168. The fourth-order valence-electron chi connectivity index (χ4n) is 0.555. The summed E-state index contributed by atoms with van der Waals surface area (Å²) in [4.78, 5) is 0. The van der Waals surface area contributed by atoms with E-state index in [1.165, 1.54) is 0 Å². The lowest BCUT2D eigenvalue weighted by Gasteiger charge is -1.99. The average molecular weight is 140 g/mol. The number of benzene rings is 1. The molecule has 0 unspecified atom stereocenters. The predicted octanol–water partition coefficient (Wildman–Crippen LogP) is 0.464. The Morgan fingerprint density at radius 2 is 1.90 bits per heavy atom. The summed E-state index contributed by atoms with van der Waals surface area (Å²) in [6, 6.07) is 1.94. The van der Waals surface area contributed by atoms with E-state index in [1.807, 2.05) is 0 Å². The molecule has 2 radical (unpaired) electrons. The van der Waals surface area contributed by atoms with Crippen LogP contribution in [0.1, 0.15) is 0 Å². The monoisotopic (exact) mass is 140 g/mol. The molecule has 0 saturated heterocycles. The van der Waals surface area contributed by atoms with Gasteiger partial charge >= 0.3 is 0 Å². The molecule has 0 atom stereocenters. The zero-order chi connectivity index (χ0) is 7.72. The second-order valence-corrected chi connectivity index (χ2v) is 1.80. The minimum Gasteiger partial charge on any atom is -0.505 e. The highest BCUT2D eigenvalue weighted by Gasteiger charge is 2.07. The van der Waals surface area contributed by atoms with E-state index in [0.717, 1.165) is 12.1 Å². The highest BCUT2D eigenvalue weighted by Crippen LogP contribution is 2.13. The summed E-state index contributed by atoms with van der Waals surface area (Å²) in [5.74, 6) is -3.24. The molecular weight excluding hydrogens is 137 g/mol. The van der Waals surface area contributed by atoms with Crippen molar-refractivity contribution >= 4 is 13.3 Å². The molecule has 1 aromatic rings. The first-order chi connectivity index (χ1) is 4.63. The number of hydrogen-bond acceptors (Lipinski definition) is 1. The molecule has 0 bridgehead atoms. The van der Waals surface area contributed by atoms with Crippen molar-refractivity contribution in [2.24, 2.45) is 0 Å². The van der Waals surface area contributed by atoms with Crippen molar-refractivity contribution in [3.05, 3.63) is 23.8 Å². The summed E-state index contributed by atoms with van der Waals surface area (Å²) in [6.07, 6.45) is 0. The molecule has 0 aliphatic rings. The van der Waals surface area contributed by atoms with Gasteiger partial charge in [-0.1, -0.05) is 11.5 Å². The molecule has 0 aliphatic heterocycles. The molecule has 50 valence electrons. The van der Waals surface area contributed by atoms with Gasteiger partial charge in [-0.25, -0.2) is 4.39 Å². The summed E-state index contributed by atoms with van der Waals surface area (Å²) < 4.78 is 24.5. The molecule has 0 aromatic heterocycles. The molecule has 0 aliphatic carbocycles. The first-order valence-corrected chi connectivity index (χ1v) is 2.55. The third kappa shape index (κ3) is 0.965. The molecular formula is C6H3BF2O. The number of hydrogen-bond donors (Lipinski definition) is 1. The Labute approximate surface area is 57.7 Å².